The number of hydrogen-bond acceptors (Lipinski definition) is 6. The molecule has 0 amide bonds. The summed E-state index contributed by atoms with van der Waals surface area (Å²) in [6.07, 6.45) is 5.64. The van der Waals surface area contributed by atoms with Crippen LogP contribution in [0.25, 0.3) is 11.3 Å². The van der Waals surface area contributed by atoms with Crippen molar-refractivity contribution < 1.29 is 9.47 Å². The first kappa shape index (κ1) is 16.1. The number of aromatic nitrogens is 4. The predicted molar refractivity (Wildman–Crippen MR) is 90.4 cm³/mol. The van der Waals surface area contributed by atoms with Gasteiger partial charge in [0.2, 0.25) is 5.88 Å². The van der Waals surface area contributed by atoms with E-state index in [1.54, 1.807) is 25.7 Å². The monoisotopic (exact) mass is 342 g/mol. The Morgan fingerprint density at radius 1 is 1.00 bits per heavy atom. The van der Waals surface area contributed by atoms with Crippen LogP contribution in [0.2, 0.25) is 5.02 Å². The fourth-order valence-electron chi connectivity index (χ4n) is 2.22. The molecule has 0 spiro atoms. The van der Waals surface area contributed by atoms with Gasteiger partial charge < -0.3 is 9.47 Å². The smallest absolute Gasteiger partial charge is 0.316 e. The Morgan fingerprint density at radius 3 is 2.46 bits per heavy atom. The number of hydrogen-bond donors (Lipinski definition) is 0. The van der Waals surface area contributed by atoms with Crippen molar-refractivity contribution in [3.63, 3.8) is 0 Å². The van der Waals surface area contributed by atoms with Crippen LogP contribution in [0.3, 0.4) is 0 Å². The third kappa shape index (κ3) is 3.60. The first-order valence-electron chi connectivity index (χ1n) is 7.20. The zero-order valence-corrected chi connectivity index (χ0v) is 14.0. The van der Waals surface area contributed by atoms with Gasteiger partial charge in [0, 0.05) is 29.4 Å². The Kier molecular flexibility index (Phi) is 4.86. The average Bonchev–Trinajstić information content (AvgIpc) is 2.62. The van der Waals surface area contributed by atoms with Gasteiger partial charge in [-0.3, -0.25) is 0 Å². The van der Waals surface area contributed by atoms with Gasteiger partial charge in [-0.05, 0) is 17.7 Å². The number of halogens is 1. The van der Waals surface area contributed by atoms with Crippen molar-refractivity contribution in [1.82, 2.24) is 19.9 Å². The van der Waals surface area contributed by atoms with Gasteiger partial charge in [-0.15, -0.1) is 0 Å². The number of methoxy groups -OCH3 is 2. The third-order valence-corrected chi connectivity index (χ3v) is 3.56. The molecule has 0 aliphatic carbocycles. The number of benzene rings is 1. The molecule has 0 saturated carbocycles. The highest BCUT2D eigenvalue weighted by Crippen LogP contribution is 2.28. The predicted octanol–water partition coefficient (Wildman–Crippen LogP) is 3.20. The van der Waals surface area contributed by atoms with E-state index in [0.29, 0.717) is 29.0 Å². The third-order valence-electron chi connectivity index (χ3n) is 3.33. The molecule has 0 unspecified atom stereocenters. The first-order valence-corrected chi connectivity index (χ1v) is 7.58. The van der Waals surface area contributed by atoms with E-state index in [1.165, 1.54) is 7.11 Å². The van der Waals surface area contributed by atoms with E-state index in [2.05, 4.69) is 19.9 Å². The highest BCUT2D eigenvalue weighted by atomic mass is 35.5. The molecular weight excluding hydrogens is 328 g/mol. The standard InChI is InChI=1S/C17H15ClN4O2/c1-23-16-15(12-4-3-5-13(18)7-12)22-14(10-19-16)6-11-8-20-17(24-2)21-9-11/h3-5,7-10H,6H2,1-2H3. The van der Waals surface area contributed by atoms with E-state index in [1.807, 2.05) is 24.3 Å². The molecule has 0 saturated heterocycles. The van der Waals surface area contributed by atoms with E-state index in [4.69, 9.17) is 21.1 Å². The van der Waals surface area contributed by atoms with Crippen molar-refractivity contribution in [2.75, 3.05) is 14.2 Å². The van der Waals surface area contributed by atoms with Gasteiger partial charge in [0.1, 0.15) is 5.69 Å². The van der Waals surface area contributed by atoms with Crippen molar-refractivity contribution in [2.45, 2.75) is 6.42 Å². The van der Waals surface area contributed by atoms with E-state index in [9.17, 15) is 0 Å². The molecule has 3 aromatic rings. The molecule has 0 atom stereocenters. The second-order valence-corrected chi connectivity index (χ2v) is 5.42. The highest BCUT2D eigenvalue weighted by molar-refractivity contribution is 6.30. The normalized spacial score (nSPS) is 10.5. The maximum Gasteiger partial charge on any atom is 0.316 e. The summed E-state index contributed by atoms with van der Waals surface area (Å²) in [7, 11) is 3.09. The van der Waals surface area contributed by atoms with Gasteiger partial charge in [0.05, 0.1) is 26.1 Å². The molecule has 0 N–H and O–H groups in total. The molecule has 0 radical (unpaired) electrons. The lowest BCUT2D eigenvalue weighted by molar-refractivity contribution is 0.379. The Labute approximate surface area is 144 Å². The van der Waals surface area contributed by atoms with Crippen molar-refractivity contribution >= 4 is 11.6 Å². The summed E-state index contributed by atoms with van der Waals surface area (Å²) in [4.78, 5) is 17.2. The van der Waals surface area contributed by atoms with Crippen LogP contribution < -0.4 is 9.47 Å². The molecule has 7 heteroatoms. The van der Waals surface area contributed by atoms with Gasteiger partial charge in [0.25, 0.3) is 0 Å². The second-order valence-electron chi connectivity index (χ2n) is 4.98. The van der Waals surface area contributed by atoms with Crippen molar-refractivity contribution in [2.24, 2.45) is 0 Å². The van der Waals surface area contributed by atoms with Crippen LogP contribution in [-0.4, -0.2) is 34.2 Å². The fourth-order valence-corrected chi connectivity index (χ4v) is 2.41. The number of nitrogens with zero attached hydrogens (tertiary/aromatic N) is 4. The first-order chi connectivity index (χ1) is 11.7. The van der Waals surface area contributed by atoms with Crippen LogP contribution >= 0.6 is 11.6 Å². The molecule has 3 rings (SSSR count). The van der Waals surface area contributed by atoms with Crippen LogP contribution in [0.5, 0.6) is 11.9 Å². The van der Waals surface area contributed by atoms with E-state index < -0.39 is 0 Å². The average molecular weight is 343 g/mol. The zero-order chi connectivity index (χ0) is 16.9. The molecule has 0 fully saturated rings. The van der Waals surface area contributed by atoms with Crippen LogP contribution in [0.1, 0.15) is 11.3 Å². The second kappa shape index (κ2) is 7.23. The van der Waals surface area contributed by atoms with E-state index in [-0.39, 0.29) is 0 Å². The minimum absolute atomic E-state index is 0.333. The molecular formula is C17H15ClN4O2. The minimum Gasteiger partial charge on any atom is -0.479 e. The summed E-state index contributed by atoms with van der Waals surface area (Å²) in [5, 5.41) is 0.630. The molecule has 2 heterocycles. The Morgan fingerprint density at radius 2 is 1.79 bits per heavy atom. The summed E-state index contributed by atoms with van der Waals surface area (Å²) in [5.74, 6) is 0.451. The number of ether oxygens (including phenoxy) is 2. The Bertz CT molecular complexity index is 840. The van der Waals surface area contributed by atoms with Crippen molar-refractivity contribution in [3.8, 4) is 23.1 Å². The SMILES string of the molecule is COc1ncc(Cc2cnc(OC)c(-c3cccc(Cl)c3)n2)cn1. The molecule has 2 aromatic heterocycles. The van der Waals surface area contributed by atoms with Crippen molar-refractivity contribution in [3.05, 3.63) is 59.1 Å². The summed E-state index contributed by atoms with van der Waals surface area (Å²) < 4.78 is 10.3. The molecule has 24 heavy (non-hydrogen) atoms. The number of rotatable bonds is 5. The maximum absolute atomic E-state index is 6.07. The summed E-state index contributed by atoms with van der Waals surface area (Å²) in [6, 6.07) is 7.75. The fraction of sp³-hybridized carbons (Fsp3) is 0.176. The molecule has 122 valence electrons. The lowest BCUT2D eigenvalue weighted by Crippen LogP contribution is -2.01. The molecule has 0 aliphatic rings. The van der Waals surface area contributed by atoms with Gasteiger partial charge in [-0.25, -0.2) is 19.9 Å². The van der Waals surface area contributed by atoms with Crippen LogP contribution in [0.15, 0.2) is 42.9 Å². The summed E-state index contributed by atoms with van der Waals surface area (Å²) in [5.41, 5.74) is 3.18. The summed E-state index contributed by atoms with van der Waals surface area (Å²) in [6.45, 7) is 0. The topological polar surface area (TPSA) is 70.0 Å². The van der Waals surface area contributed by atoms with Gasteiger partial charge in [-0.1, -0.05) is 23.7 Å². The van der Waals surface area contributed by atoms with Crippen LogP contribution in [0, 0.1) is 0 Å². The Hall–Kier alpha value is -2.73. The zero-order valence-electron chi connectivity index (χ0n) is 13.2. The molecule has 6 nitrogen and oxygen atoms in total. The lowest BCUT2D eigenvalue weighted by Gasteiger charge is -2.09. The van der Waals surface area contributed by atoms with Gasteiger partial charge >= 0.3 is 6.01 Å². The lowest BCUT2D eigenvalue weighted by atomic mass is 10.1. The van der Waals surface area contributed by atoms with E-state index in [0.717, 1.165) is 16.8 Å². The molecule has 1 aromatic carbocycles. The van der Waals surface area contributed by atoms with Crippen molar-refractivity contribution in [1.29, 1.82) is 0 Å². The van der Waals surface area contributed by atoms with Crippen LogP contribution in [0.4, 0.5) is 0 Å². The van der Waals surface area contributed by atoms with Crippen LogP contribution in [-0.2, 0) is 6.42 Å². The van der Waals surface area contributed by atoms with E-state index >= 15 is 0 Å². The molecule has 0 bridgehead atoms. The van der Waals surface area contributed by atoms with Gasteiger partial charge in [-0.2, -0.15) is 0 Å². The quantitative estimate of drug-likeness (QED) is 0.709. The maximum atomic E-state index is 6.07. The minimum atomic E-state index is 0.333. The Balaban J connectivity index is 1.93. The molecule has 0 aliphatic heterocycles. The van der Waals surface area contributed by atoms with Gasteiger partial charge in [0.15, 0.2) is 0 Å². The highest BCUT2D eigenvalue weighted by Gasteiger charge is 2.12. The summed E-state index contributed by atoms with van der Waals surface area (Å²) >= 11 is 6.07. The largest absolute Gasteiger partial charge is 0.479 e.